The zero-order valence-electron chi connectivity index (χ0n) is 10.2. The minimum Gasteiger partial charge on any atom is -0.487 e. The number of benzene rings is 2. The van der Waals surface area contributed by atoms with Crippen molar-refractivity contribution < 1.29 is 9.84 Å². The van der Waals surface area contributed by atoms with Crippen LogP contribution in [0.1, 0.15) is 31.2 Å². The van der Waals surface area contributed by atoms with Crippen LogP contribution < -0.4 is 4.74 Å². The molecule has 0 amide bonds. The van der Waals surface area contributed by atoms with Gasteiger partial charge in [0.25, 0.3) is 0 Å². The molecule has 1 saturated carbocycles. The Balaban J connectivity index is 2.02. The van der Waals surface area contributed by atoms with Gasteiger partial charge in [-0.2, -0.15) is 0 Å². The summed E-state index contributed by atoms with van der Waals surface area (Å²) in [5.41, 5.74) is 0.249. The molecular weight excluding hydrogens is 224 g/mol. The predicted molar refractivity (Wildman–Crippen MR) is 70.7 cm³/mol. The third-order valence-corrected chi connectivity index (χ3v) is 4.40. The standard InChI is InChI=1S/C16H16O2/c17-16-10-4-3-7-14(16)18-13-9-8-11-5-1-2-6-12(11)15(13)16/h1-2,5-6,8-9,14,17H,3-4,7,10H2/t14-,16-/m1/s1. The van der Waals surface area contributed by atoms with Gasteiger partial charge in [-0.25, -0.2) is 0 Å². The Morgan fingerprint density at radius 1 is 1.11 bits per heavy atom. The van der Waals surface area contributed by atoms with Crippen molar-refractivity contribution in [3.05, 3.63) is 42.0 Å². The summed E-state index contributed by atoms with van der Waals surface area (Å²) >= 11 is 0. The molecule has 18 heavy (non-hydrogen) atoms. The lowest BCUT2D eigenvalue weighted by Crippen LogP contribution is -2.40. The molecule has 2 aromatic rings. The molecule has 1 aliphatic heterocycles. The van der Waals surface area contributed by atoms with Crippen LogP contribution in [0.2, 0.25) is 0 Å². The van der Waals surface area contributed by atoms with Crippen molar-refractivity contribution in [3.63, 3.8) is 0 Å². The minimum absolute atomic E-state index is 0.0490. The number of aliphatic hydroxyl groups is 1. The zero-order valence-corrected chi connectivity index (χ0v) is 10.2. The fourth-order valence-corrected chi connectivity index (χ4v) is 3.52. The van der Waals surface area contributed by atoms with Crippen molar-refractivity contribution in [2.45, 2.75) is 37.4 Å². The van der Waals surface area contributed by atoms with E-state index in [9.17, 15) is 5.11 Å². The second-order valence-electron chi connectivity index (χ2n) is 5.44. The third kappa shape index (κ3) is 1.21. The summed E-state index contributed by atoms with van der Waals surface area (Å²) in [6, 6.07) is 12.3. The summed E-state index contributed by atoms with van der Waals surface area (Å²) in [6.07, 6.45) is 3.96. The van der Waals surface area contributed by atoms with Crippen molar-refractivity contribution in [1.29, 1.82) is 0 Å². The zero-order chi connectivity index (χ0) is 12.2. The van der Waals surface area contributed by atoms with Gasteiger partial charge < -0.3 is 9.84 Å². The molecule has 1 fully saturated rings. The number of ether oxygens (including phenoxy) is 1. The highest BCUT2D eigenvalue weighted by Crippen LogP contribution is 2.51. The maximum Gasteiger partial charge on any atom is 0.132 e. The SMILES string of the molecule is O[C@]12CCCC[C@H]1Oc1ccc3ccccc3c12. The van der Waals surface area contributed by atoms with Gasteiger partial charge >= 0.3 is 0 Å². The Labute approximate surface area is 106 Å². The highest BCUT2D eigenvalue weighted by Gasteiger charge is 2.49. The lowest BCUT2D eigenvalue weighted by atomic mass is 9.77. The summed E-state index contributed by atoms with van der Waals surface area (Å²) in [5, 5.41) is 13.4. The van der Waals surface area contributed by atoms with Crippen molar-refractivity contribution in [3.8, 4) is 5.75 Å². The molecule has 2 atom stereocenters. The highest BCUT2D eigenvalue weighted by molar-refractivity contribution is 5.89. The Morgan fingerprint density at radius 3 is 2.94 bits per heavy atom. The fraction of sp³-hybridized carbons (Fsp3) is 0.375. The highest BCUT2D eigenvalue weighted by atomic mass is 16.5. The molecule has 92 valence electrons. The van der Waals surface area contributed by atoms with E-state index < -0.39 is 5.60 Å². The molecule has 0 radical (unpaired) electrons. The molecule has 0 aromatic heterocycles. The van der Waals surface area contributed by atoms with Crippen LogP contribution in [0.4, 0.5) is 0 Å². The number of hydrogen-bond acceptors (Lipinski definition) is 2. The molecule has 0 bridgehead atoms. The first-order valence-corrected chi connectivity index (χ1v) is 6.70. The predicted octanol–water partition coefficient (Wildman–Crippen LogP) is 3.36. The molecule has 2 aliphatic rings. The largest absolute Gasteiger partial charge is 0.487 e. The van der Waals surface area contributed by atoms with Gasteiger partial charge in [0.2, 0.25) is 0 Å². The van der Waals surface area contributed by atoms with Gasteiger partial charge in [0, 0.05) is 5.56 Å². The molecule has 1 aliphatic carbocycles. The van der Waals surface area contributed by atoms with Gasteiger partial charge in [-0.1, -0.05) is 30.3 Å². The number of fused-ring (bicyclic) bond motifs is 5. The lowest BCUT2D eigenvalue weighted by Gasteiger charge is -2.33. The first-order chi connectivity index (χ1) is 8.79. The van der Waals surface area contributed by atoms with Gasteiger partial charge in [-0.05, 0) is 42.5 Å². The Morgan fingerprint density at radius 2 is 2.00 bits per heavy atom. The molecule has 2 heteroatoms. The first kappa shape index (κ1) is 10.4. The van der Waals surface area contributed by atoms with Gasteiger partial charge in [-0.3, -0.25) is 0 Å². The van der Waals surface area contributed by atoms with Gasteiger partial charge in [0.1, 0.15) is 17.5 Å². The summed E-state index contributed by atoms with van der Waals surface area (Å²) in [5.74, 6) is 0.878. The monoisotopic (exact) mass is 240 g/mol. The average Bonchev–Trinajstić information content (AvgIpc) is 2.71. The molecule has 2 nitrogen and oxygen atoms in total. The quantitative estimate of drug-likeness (QED) is 0.765. The smallest absolute Gasteiger partial charge is 0.132 e. The van der Waals surface area contributed by atoms with E-state index in [-0.39, 0.29) is 6.10 Å². The molecule has 0 spiro atoms. The second kappa shape index (κ2) is 3.48. The lowest BCUT2D eigenvalue weighted by molar-refractivity contribution is -0.0667. The van der Waals surface area contributed by atoms with E-state index in [2.05, 4.69) is 18.2 Å². The van der Waals surface area contributed by atoms with E-state index in [0.717, 1.165) is 42.4 Å². The molecule has 1 heterocycles. The van der Waals surface area contributed by atoms with Crippen LogP contribution in [0, 0.1) is 0 Å². The molecule has 2 aromatic carbocycles. The van der Waals surface area contributed by atoms with E-state index in [1.54, 1.807) is 0 Å². The maximum absolute atomic E-state index is 11.0. The van der Waals surface area contributed by atoms with Crippen LogP contribution in [0.15, 0.2) is 36.4 Å². The van der Waals surface area contributed by atoms with Crippen LogP contribution in [-0.2, 0) is 5.60 Å². The molecule has 0 saturated heterocycles. The molecule has 1 N–H and O–H groups in total. The molecule has 4 rings (SSSR count). The van der Waals surface area contributed by atoms with E-state index in [1.165, 1.54) is 5.39 Å². The number of hydrogen-bond donors (Lipinski definition) is 1. The van der Waals surface area contributed by atoms with E-state index >= 15 is 0 Å². The Hall–Kier alpha value is -1.54. The summed E-state index contributed by atoms with van der Waals surface area (Å²) < 4.78 is 5.97. The van der Waals surface area contributed by atoms with Crippen molar-refractivity contribution in [2.24, 2.45) is 0 Å². The topological polar surface area (TPSA) is 29.5 Å². The van der Waals surface area contributed by atoms with Gasteiger partial charge in [0.15, 0.2) is 0 Å². The molecule has 0 unspecified atom stereocenters. The van der Waals surface area contributed by atoms with E-state index in [1.807, 2.05) is 18.2 Å². The number of rotatable bonds is 0. The Kier molecular flexibility index (Phi) is 2.01. The van der Waals surface area contributed by atoms with Crippen LogP contribution >= 0.6 is 0 Å². The van der Waals surface area contributed by atoms with Crippen LogP contribution in [0.5, 0.6) is 5.75 Å². The average molecular weight is 240 g/mol. The van der Waals surface area contributed by atoms with Crippen LogP contribution in [0.3, 0.4) is 0 Å². The normalized spacial score (nSPS) is 29.7. The van der Waals surface area contributed by atoms with E-state index in [4.69, 9.17) is 4.74 Å². The van der Waals surface area contributed by atoms with Crippen molar-refractivity contribution >= 4 is 10.8 Å². The van der Waals surface area contributed by atoms with Crippen molar-refractivity contribution in [2.75, 3.05) is 0 Å². The van der Waals surface area contributed by atoms with Crippen LogP contribution in [-0.4, -0.2) is 11.2 Å². The maximum atomic E-state index is 11.0. The second-order valence-corrected chi connectivity index (χ2v) is 5.44. The third-order valence-electron chi connectivity index (χ3n) is 4.40. The molecular formula is C16H16O2. The summed E-state index contributed by atoms with van der Waals surface area (Å²) in [7, 11) is 0. The fourth-order valence-electron chi connectivity index (χ4n) is 3.52. The first-order valence-electron chi connectivity index (χ1n) is 6.70. The van der Waals surface area contributed by atoms with Crippen molar-refractivity contribution in [1.82, 2.24) is 0 Å². The summed E-state index contributed by atoms with van der Waals surface area (Å²) in [6.45, 7) is 0. The summed E-state index contributed by atoms with van der Waals surface area (Å²) in [4.78, 5) is 0. The van der Waals surface area contributed by atoms with Gasteiger partial charge in [-0.15, -0.1) is 0 Å². The van der Waals surface area contributed by atoms with E-state index in [0.29, 0.717) is 0 Å². The minimum atomic E-state index is -0.769. The Bertz CT molecular complexity index is 620. The van der Waals surface area contributed by atoms with Crippen LogP contribution in [0.25, 0.3) is 10.8 Å². The van der Waals surface area contributed by atoms with Gasteiger partial charge in [0.05, 0.1) is 0 Å².